The van der Waals surface area contributed by atoms with Crippen molar-refractivity contribution in [3.05, 3.63) is 23.2 Å². The lowest BCUT2D eigenvalue weighted by molar-refractivity contribution is 0.0656. The van der Waals surface area contributed by atoms with Gasteiger partial charge in [-0.1, -0.05) is 0 Å². The van der Waals surface area contributed by atoms with Gasteiger partial charge in [-0.3, -0.25) is 9.89 Å². The van der Waals surface area contributed by atoms with E-state index < -0.39 is 10.0 Å². The Labute approximate surface area is 138 Å². The third kappa shape index (κ3) is 2.80. The molecule has 0 spiro atoms. The number of nitrogens with one attached hydrogen (secondary N) is 1. The highest BCUT2D eigenvalue weighted by molar-refractivity contribution is 7.89. The summed E-state index contributed by atoms with van der Waals surface area (Å²) in [6.45, 7) is 5.84. The van der Waals surface area contributed by atoms with Gasteiger partial charge in [0.1, 0.15) is 4.90 Å². The summed E-state index contributed by atoms with van der Waals surface area (Å²) < 4.78 is 32.0. The van der Waals surface area contributed by atoms with Gasteiger partial charge in [-0.2, -0.15) is 9.40 Å². The molecule has 1 aliphatic heterocycles. The molecule has 1 aliphatic rings. The first-order valence-electron chi connectivity index (χ1n) is 7.42. The van der Waals surface area contributed by atoms with Crippen LogP contribution in [-0.2, 0) is 10.0 Å². The summed E-state index contributed by atoms with van der Waals surface area (Å²) in [5.74, 6) is -0.154. The standard InChI is InChI=1S/C13H18N6O4S/c1-8-11(9(2)15-14-8)24(21,22)19-6-4-18(5-7-19)13(20)12-17-16-10(3)23-12/h4-7H2,1-3H3,(H,14,15). The fourth-order valence-corrected chi connectivity index (χ4v) is 4.45. The molecule has 11 heteroatoms. The van der Waals surface area contributed by atoms with Gasteiger partial charge in [-0.05, 0) is 13.8 Å². The molecule has 1 fully saturated rings. The fraction of sp³-hybridized carbons (Fsp3) is 0.538. The van der Waals surface area contributed by atoms with E-state index in [1.54, 1.807) is 20.8 Å². The summed E-state index contributed by atoms with van der Waals surface area (Å²) in [7, 11) is -3.64. The normalized spacial score (nSPS) is 16.5. The quantitative estimate of drug-likeness (QED) is 0.813. The molecule has 0 radical (unpaired) electrons. The van der Waals surface area contributed by atoms with Crippen molar-refractivity contribution in [2.75, 3.05) is 26.2 Å². The Balaban J connectivity index is 1.72. The van der Waals surface area contributed by atoms with E-state index in [0.29, 0.717) is 17.3 Å². The first kappa shape index (κ1) is 16.6. The zero-order valence-corrected chi connectivity index (χ0v) is 14.4. The van der Waals surface area contributed by atoms with Crippen LogP contribution in [0.5, 0.6) is 0 Å². The van der Waals surface area contributed by atoms with Crippen molar-refractivity contribution in [3.63, 3.8) is 0 Å². The number of carbonyl (C=O) groups is 1. The molecule has 0 aromatic carbocycles. The number of aryl methyl sites for hydroxylation is 3. The summed E-state index contributed by atoms with van der Waals surface area (Å²) in [5.41, 5.74) is 0.944. The molecule has 2 aromatic heterocycles. The van der Waals surface area contributed by atoms with E-state index in [2.05, 4.69) is 20.4 Å². The first-order valence-corrected chi connectivity index (χ1v) is 8.86. The summed E-state index contributed by atoms with van der Waals surface area (Å²) in [6.07, 6.45) is 0. The van der Waals surface area contributed by atoms with Crippen LogP contribution >= 0.6 is 0 Å². The summed E-state index contributed by atoms with van der Waals surface area (Å²) >= 11 is 0. The van der Waals surface area contributed by atoms with Crippen molar-refractivity contribution in [1.29, 1.82) is 0 Å². The molecule has 0 aliphatic carbocycles. The highest BCUT2D eigenvalue weighted by atomic mass is 32.2. The third-order valence-electron chi connectivity index (χ3n) is 3.89. The maximum atomic E-state index is 12.8. The minimum atomic E-state index is -3.64. The molecule has 1 saturated heterocycles. The number of sulfonamides is 1. The molecule has 3 rings (SSSR count). The van der Waals surface area contributed by atoms with E-state index in [1.165, 1.54) is 9.21 Å². The van der Waals surface area contributed by atoms with E-state index >= 15 is 0 Å². The second kappa shape index (κ2) is 5.98. The predicted octanol–water partition coefficient (Wildman–Crippen LogP) is -0.135. The molecular weight excluding hydrogens is 336 g/mol. The molecule has 0 saturated carbocycles. The van der Waals surface area contributed by atoms with Crippen molar-refractivity contribution in [1.82, 2.24) is 29.6 Å². The zero-order chi connectivity index (χ0) is 17.5. The Kier molecular flexibility index (Phi) is 4.13. The van der Waals surface area contributed by atoms with Crippen molar-refractivity contribution < 1.29 is 17.6 Å². The molecule has 3 heterocycles. The molecular formula is C13H18N6O4S. The molecule has 1 N–H and O–H groups in total. The number of H-pyrrole nitrogens is 1. The van der Waals surface area contributed by atoms with E-state index in [9.17, 15) is 13.2 Å². The van der Waals surface area contributed by atoms with Crippen molar-refractivity contribution >= 4 is 15.9 Å². The minimum absolute atomic E-state index is 0.0784. The average Bonchev–Trinajstić information content (AvgIpc) is 3.12. The second-order valence-corrected chi connectivity index (χ2v) is 7.46. The van der Waals surface area contributed by atoms with Crippen LogP contribution in [0, 0.1) is 20.8 Å². The molecule has 1 amide bonds. The maximum Gasteiger partial charge on any atom is 0.311 e. The number of hydrogen-bond donors (Lipinski definition) is 1. The number of aromatic amines is 1. The number of amides is 1. The largest absolute Gasteiger partial charge is 0.417 e. The number of hydrogen-bond acceptors (Lipinski definition) is 7. The van der Waals surface area contributed by atoms with Crippen LogP contribution in [0.15, 0.2) is 9.31 Å². The lowest BCUT2D eigenvalue weighted by atomic mass is 10.3. The van der Waals surface area contributed by atoms with Gasteiger partial charge >= 0.3 is 11.8 Å². The number of rotatable bonds is 3. The van der Waals surface area contributed by atoms with E-state index in [1.807, 2.05) is 0 Å². The highest BCUT2D eigenvalue weighted by Crippen LogP contribution is 2.23. The van der Waals surface area contributed by atoms with Crippen molar-refractivity contribution in [3.8, 4) is 0 Å². The highest BCUT2D eigenvalue weighted by Gasteiger charge is 2.34. The number of nitrogens with zero attached hydrogens (tertiary/aromatic N) is 5. The van der Waals surface area contributed by atoms with E-state index in [-0.39, 0.29) is 42.9 Å². The van der Waals surface area contributed by atoms with Gasteiger partial charge in [-0.25, -0.2) is 8.42 Å². The van der Waals surface area contributed by atoms with Gasteiger partial charge in [0, 0.05) is 33.1 Å². The number of carbonyl (C=O) groups excluding carboxylic acids is 1. The van der Waals surface area contributed by atoms with Crippen molar-refractivity contribution in [2.45, 2.75) is 25.7 Å². The second-order valence-electron chi connectivity index (χ2n) is 5.59. The molecule has 0 bridgehead atoms. The topological polar surface area (TPSA) is 125 Å². The zero-order valence-electron chi connectivity index (χ0n) is 13.6. The number of piperazine rings is 1. The maximum absolute atomic E-state index is 12.8. The van der Waals surface area contributed by atoms with Crippen LogP contribution < -0.4 is 0 Å². The lowest BCUT2D eigenvalue weighted by Gasteiger charge is -2.33. The van der Waals surface area contributed by atoms with Crippen LogP contribution in [0.25, 0.3) is 0 Å². The summed E-state index contributed by atoms with van der Waals surface area (Å²) in [4.78, 5) is 14.0. The van der Waals surface area contributed by atoms with Gasteiger partial charge in [0.2, 0.25) is 15.9 Å². The Morgan fingerprint density at radius 3 is 2.29 bits per heavy atom. The summed E-state index contributed by atoms with van der Waals surface area (Å²) in [6, 6.07) is 0. The van der Waals surface area contributed by atoms with Gasteiger partial charge in [0.25, 0.3) is 0 Å². The molecule has 24 heavy (non-hydrogen) atoms. The molecule has 2 aromatic rings. The smallest absolute Gasteiger partial charge is 0.311 e. The Hall–Kier alpha value is -2.27. The minimum Gasteiger partial charge on any atom is -0.417 e. The van der Waals surface area contributed by atoms with Crippen molar-refractivity contribution in [2.24, 2.45) is 0 Å². The molecule has 0 atom stereocenters. The Bertz CT molecular complexity index is 843. The fourth-order valence-electron chi connectivity index (χ4n) is 2.70. The van der Waals surface area contributed by atoms with E-state index in [0.717, 1.165) is 0 Å². The molecule has 10 nitrogen and oxygen atoms in total. The van der Waals surface area contributed by atoms with Gasteiger partial charge in [0.05, 0.1) is 11.4 Å². The van der Waals surface area contributed by atoms with Crippen LogP contribution in [0.4, 0.5) is 0 Å². The molecule has 0 unspecified atom stereocenters. The lowest BCUT2D eigenvalue weighted by Crippen LogP contribution is -2.50. The monoisotopic (exact) mass is 354 g/mol. The third-order valence-corrected chi connectivity index (χ3v) is 6.06. The average molecular weight is 354 g/mol. The Morgan fingerprint density at radius 2 is 1.79 bits per heavy atom. The van der Waals surface area contributed by atoms with Gasteiger partial charge < -0.3 is 9.32 Å². The SMILES string of the molecule is Cc1nnc(C(=O)N2CCN(S(=O)(=O)c3c(C)n[nH]c3C)CC2)o1. The van der Waals surface area contributed by atoms with Crippen LogP contribution in [-0.4, -0.2) is 70.1 Å². The first-order chi connectivity index (χ1) is 11.3. The molecule has 130 valence electrons. The van der Waals surface area contributed by atoms with Crippen LogP contribution in [0.2, 0.25) is 0 Å². The van der Waals surface area contributed by atoms with Crippen LogP contribution in [0.3, 0.4) is 0 Å². The Morgan fingerprint density at radius 1 is 1.12 bits per heavy atom. The summed E-state index contributed by atoms with van der Waals surface area (Å²) in [5, 5.41) is 14.0. The number of aromatic nitrogens is 4. The predicted molar refractivity (Wildman–Crippen MR) is 81.8 cm³/mol. The van der Waals surface area contributed by atoms with Gasteiger partial charge in [0.15, 0.2) is 0 Å². The van der Waals surface area contributed by atoms with Gasteiger partial charge in [-0.15, -0.1) is 10.2 Å². The van der Waals surface area contributed by atoms with E-state index in [4.69, 9.17) is 4.42 Å². The van der Waals surface area contributed by atoms with Crippen LogP contribution in [0.1, 0.15) is 28.0 Å².